The molecule has 2 atom stereocenters. The monoisotopic (exact) mass is 348 g/mol. The zero-order chi connectivity index (χ0) is 18.4. The van der Waals surface area contributed by atoms with Crippen LogP contribution in [0, 0.1) is 5.92 Å². The fourth-order valence-corrected chi connectivity index (χ4v) is 2.88. The minimum atomic E-state index is -0.490. The molecule has 0 spiro atoms. The van der Waals surface area contributed by atoms with E-state index in [0.29, 0.717) is 24.4 Å². The van der Waals surface area contributed by atoms with Gasteiger partial charge in [-0.3, -0.25) is 9.59 Å². The maximum Gasteiger partial charge on any atom is 0.340 e. The zero-order valence-corrected chi connectivity index (χ0v) is 14.8. The molecule has 7 heteroatoms. The van der Waals surface area contributed by atoms with Gasteiger partial charge < -0.3 is 19.7 Å². The molecule has 1 saturated heterocycles. The Bertz CT molecular complexity index is 646. The molecule has 1 fully saturated rings. The lowest BCUT2D eigenvalue weighted by Gasteiger charge is -2.24. The molecule has 0 bridgehead atoms. The van der Waals surface area contributed by atoms with Crippen LogP contribution < -0.4 is 5.32 Å². The van der Waals surface area contributed by atoms with Crippen LogP contribution in [0.2, 0.25) is 0 Å². The third kappa shape index (κ3) is 4.57. The van der Waals surface area contributed by atoms with E-state index in [1.165, 1.54) is 0 Å². The summed E-state index contributed by atoms with van der Waals surface area (Å²) in [5, 5.41) is 2.75. The van der Waals surface area contributed by atoms with E-state index in [1.807, 2.05) is 6.92 Å². The SMILES string of the molecule is CCOC(=O)c1ccccc1NC(=O)[C@@H]1CC(=O)N([C@@H](C)COC)C1. The highest BCUT2D eigenvalue weighted by Gasteiger charge is 2.36. The van der Waals surface area contributed by atoms with E-state index in [-0.39, 0.29) is 30.9 Å². The summed E-state index contributed by atoms with van der Waals surface area (Å²) in [5.74, 6) is -1.29. The predicted molar refractivity (Wildman–Crippen MR) is 92.2 cm³/mol. The number of para-hydroxylation sites is 1. The lowest BCUT2D eigenvalue weighted by Crippen LogP contribution is -2.38. The number of anilines is 1. The van der Waals surface area contributed by atoms with Crippen LogP contribution in [0.4, 0.5) is 5.69 Å². The van der Waals surface area contributed by atoms with Crippen molar-refractivity contribution in [3.8, 4) is 0 Å². The Morgan fingerprint density at radius 1 is 1.36 bits per heavy atom. The maximum absolute atomic E-state index is 12.5. The number of carbonyl (C=O) groups is 3. The highest BCUT2D eigenvalue weighted by atomic mass is 16.5. The fourth-order valence-electron chi connectivity index (χ4n) is 2.88. The summed E-state index contributed by atoms with van der Waals surface area (Å²) in [6.07, 6.45) is 0.154. The molecule has 0 aromatic heterocycles. The maximum atomic E-state index is 12.5. The van der Waals surface area contributed by atoms with Gasteiger partial charge >= 0.3 is 5.97 Å². The normalized spacial score (nSPS) is 18.1. The van der Waals surface area contributed by atoms with Crippen LogP contribution in [0.3, 0.4) is 0 Å². The first-order valence-electron chi connectivity index (χ1n) is 8.33. The average molecular weight is 348 g/mol. The molecule has 1 aliphatic heterocycles. The number of esters is 1. The van der Waals surface area contributed by atoms with Crippen molar-refractivity contribution in [3.63, 3.8) is 0 Å². The molecule has 2 amide bonds. The second kappa shape index (κ2) is 8.62. The third-order valence-corrected chi connectivity index (χ3v) is 4.15. The summed E-state index contributed by atoms with van der Waals surface area (Å²) in [7, 11) is 1.58. The zero-order valence-electron chi connectivity index (χ0n) is 14.8. The molecule has 136 valence electrons. The van der Waals surface area contributed by atoms with Crippen molar-refractivity contribution in [1.82, 2.24) is 4.90 Å². The second-order valence-electron chi connectivity index (χ2n) is 6.01. The minimum Gasteiger partial charge on any atom is -0.462 e. The number of ether oxygens (including phenoxy) is 2. The van der Waals surface area contributed by atoms with Crippen molar-refractivity contribution < 1.29 is 23.9 Å². The Morgan fingerprint density at radius 3 is 2.76 bits per heavy atom. The minimum absolute atomic E-state index is 0.0663. The van der Waals surface area contributed by atoms with E-state index < -0.39 is 11.9 Å². The second-order valence-corrected chi connectivity index (χ2v) is 6.01. The van der Waals surface area contributed by atoms with Crippen LogP contribution in [-0.4, -0.2) is 55.6 Å². The summed E-state index contributed by atoms with van der Waals surface area (Å²) in [6.45, 7) is 4.63. The summed E-state index contributed by atoms with van der Waals surface area (Å²) in [4.78, 5) is 38.3. The van der Waals surface area contributed by atoms with Gasteiger partial charge in [0.2, 0.25) is 11.8 Å². The van der Waals surface area contributed by atoms with Gasteiger partial charge in [-0.25, -0.2) is 4.79 Å². The fraction of sp³-hybridized carbons (Fsp3) is 0.500. The summed E-state index contributed by atoms with van der Waals surface area (Å²) in [6, 6.07) is 6.59. The average Bonchev–Trinajstić information content (AvgIpc) is 2.98. The highest BCUT2D eigenvalue weighted by Crippen LogP contribution is 2.23. The van der Waals surface area contributed by atoms with E-state index in [9.17, 15) is 14.4 Å². The molecule has 0 saturated carbocycles. The van der Waals surface area contributed by atoms with Crippen LogP contribution >= 0.6 is 0 Å². The van der Waals surface area contributed by atoms with Gasteiger partial charge in [-0.05, 0) is 26.0 Å². The standard InChI is InChI=1S/C18H24N2O5/c1-4-25-18(23)14-7-5-6-8-15(14)19-17(22)13-9-16(21)20(10-13)12(2)11-24-3/h5-8,12-13H,4,9-11H2,1-3H3,(H,19,22)/t12-,13+/m0/s1. The number of rotatable bonds is 7. The number of amides is 2. The number of hydrogen-bond acceptors (Lipinski definition) is 5. The van der Waals surface area contributed by atoms with E-state index >= 15 is 0 Å². The summed E-state index contributed by atoms with van der Waals surface area (Å²) < 4.78 is 10.1. The third-order valence-electron chi connectivity index (χ3n) is 4.15. The summed E-state index contributed by atoms with van der Waals surface area (Å²) in [5.41, 5.74) is 0.688. The largest absolute Gasteiger partial charge is 0.462 e. The van der Waals surface area contributed by atoms with Gasteiger partial charge in [0.15, 0.2) is 0 Å². The lowest BCUT2D eigenvalue weighted by molar-refractivity contribution is -0.130. The quantitative estimate of drug-likeness (QED) is 0.758. The molecule has 25 heavy (non-hydrogen) atoms. The van der Waals surface area contributed by atoms with Crippen molar-refractivity contribution in [2.24, 2.45) is 5.92 Å². The molecule has 1 heterocycles. The number of hydrogen-bond donors (Lipinski definition) is 1. The molecule has 1 aromatic rings. The van der Waals surface area contributed by atoms with Crippen LogP contribution in [-0.2, 0) is 19.1 Å². The van der Waals surface area contributed by atoms with E-state index in [2.05, 4.69) is 5.32 Å². The Kier molecular flexibility index (Phi) is 6.52. The van der Waals surface area contributed by atoms with Gasteiger partial charge in [-0.1, -0.05) is 12.1 Å². The first-order chi connectivity index (χ1) is 12.0. The van der Waals surface area contributed by atoms with E-state index in [1.54, 1.807) is 43.2 Å². The topological polar surface area (TPSA) is 84.9 Å². The predicted octanol–water partition coefficient (Wildman–Crippen LogP) is 1.69. The van der Waals surface area contributed by atoms with Crippen molar-refractivity contribution >= 4 is 23.5 Å². The van der Waals surface area contributed by atoms with Gasteiger partial charge in [-0.15, -0.1) is 0 Å². The van der Waals surface area contributed by atoms with E-state index in [4.69, 9.17) is 9.47 Å². The lowest BCUT2D eigenvalue weighted by atomic mass is 10.1. The number of nitrogens with zero attached hydrogens (tertiary/aromatic N) is 1. The van der Waals surface area contributed by atoms with Crippen LogP contribution in [0.5, 0.6) is 0 Å². The number of nitrogens with one attached hydrogen (secondary N) is 1. The molecule has 2 rings (SSSR count). The van der Waals surface area contributed by atoms with Crippen molar-refractivity contribution in [2.75, 3.05) is 32.2 Å². The molecule has 1 N–H and O–H groups in total. The number of methoxy groups -OCH3 is 1. The smallest absolute Gasteiger partial charge is 0.340 e. The van der Waals surface area contributed by atoms with Gasteiger partial charge in [0, 0.05) is 20.1 Å². The van der Waals surface area contributed by atoms with Crippen molar-refractivity contribution in [3.05, 3.63) is 29.8 Å². The molecule has 1 aliphatic rings. The number of carbonyl (C=O) groups excluding carboxylic acids is 3. The molecule has 0 unspecified atom stereocenters. The van der Waals surface area contributed by atoms with Crippen LogP contribution in [0.15, 0.2) is 24.3 Å². The molecule has 1 aromatic carbocycles. The van der Waals surface area contributed by atoms with Gasteiger partial charge in [0.05, 0.1) is 36.4 Å². The van der Waals surface area contributed by atoms with Crippen LogP contribution in [0.1, 0.15) is 30.6 Å². The van der Waals surface area contributed by atoms with Gasteiger partial charge in [-0.2, -0.15) is 0 Å². The molecular weight excluding hydrogens is 324 g/mol. The van der Waals surface area contributed by atoms with Crippen molar-refractivity contribution in [2.45, 2.75) is 26.3 Å². The van der Waals surface area contributed by atoms with E-state index in [0.717, 1.165) is 0 Å². The number of likely N-dealkylation sites (tertiary alicyclic amines) is 1. The van der Waals surface area contributed by atoms with Gasteiger partial charge in [0.1, 0.15) is 0 Å². The highest BCUT2D eigenvalue weighted by molar-refractivity contribution is 6.03. The van der Waals surface area contributed by atoms with Crippen molar-refractivity contribution in [1.29, 1.82) is 0 Å². The Labute approximate surface area is 147 Å². The Morgan fingerprint density at radius 2 is 2.08 bits per heavy atom. The molecule has 0 radical (unpaired) electrons. The Hall–Kier alpha value is -2.41. The van der Waals surface area contributed by atoms with Gasteiger partial charge in [0.25, 0.3) is 0 Å². The van der Waals surface area contributed by atoms with Crippen LogP contribution in [0.25, 0.3) is 0 Å². The molecule has 0 aliphatic carbocycles. The Balaban J connectivity index is 2.06. The summed E-state index contributed by atoms with van der Waals surface area (Å²) >= 11 is 0. The number of benzene rings is 1. The first-order valence-corrected chi connectivity index (χ1v) is 8.33. The first kappa shape index (κ1) is 18.9. The molecule has 7 nitrogen and oxygen atoms in total. The molecular formula is C18H24N2O5.